The molecule has 0 spiro atoms. The van der Waals surface area contributed by atoms with E-state index in [9.17, 15) is 14.4 Å². The molecule has 1 unspecified atom stereocenters. The van der Waals surface area contributed by atoms with E-state index in [4.69, 9.17) is 14.2 Å². The Kier molecular flexibility index (Phi) is 56.2. The van der Waals surface area contributed by atoms with Crippen molar-refractivity contribution in [2.45, 2.75) is 335 Å². The van der Waals surface area contributed by atoms with Crippen LogP contribution in [0, 0.1) is 0 Å². The number of carbonyl (C=O) groups excluding carboxylic acids is 3. The molecule has 6 heteroatoms. The molecule has 0 amide bonds. The molecule has 1 atom stereocenters. The summed E-state index contributed by atoms with van der Waals surface area (Å²) in [6, 6.07) is 0. The Bertz CT molecular complexity index is 1160. The van der Waals surface area contributed by atoms with Crippen LogP contribution in [0.3, 0.4) is 0 Å². The molecule has 0 bridgehead atoms. The summed E-state index contributed by atoms with van der Waals surface area (Å²) in [5.74, 6) is -0.881. The van der Waals surface area contributed by atoms with E-state index >= 15 is 0 Å². The maximum absolute atomic E-state index is 12.8. The van der Waals surface area contributed by atoms with Crippen molar-refractivity contribution in [3.8, 4) is 0 Å². The van der Waals surface area contributed by atoms with Crippen LogP contribution in [0.1, 0.15) is 329 Å². The average molecular weight is 970 g/mol. The molecule has 0 N–H and O–H groups in total. The lowest BCUT2D eigenvalue weighted by Gasteiger charge is -2.18. The molecule has 0 heterocycles. The van der Waals surface area contributed by atoms with E-state index in [0.29, 0.717) is 19.3 Å². The van der Waals surface area contributed by atoms with Crippen molar-refractivity contribution in [1.82, 2.24) is 0 Å². The first-order chi connectivity index (χ1) is 34.0. The lowest BCUT2D eigenvalue weighted by Crippen LogP contribution is -2.30. The van der Waals surface area contributed by atoms with Gasteiger partial charge in [-0.1, -0.05) is 276 Å². The zero-order chi connectivity index (χ0) is 50.0. The molecule has 0 rings (SSSR count). The van der Waals surface area contributed by atoms with Crippen molar-refractivity contribution in [3.63, 3.8) is 0 Å². The van der Waals surface area contributed by atoms with Gasteiger partial charge in [-0.25, -0.2) is 0 Å². The van der Waals surface area contributed by atoms with Gasteiger partial charge in [0.1, 0.15) is 13.2 Å². The highest BCUT2D eigenvalue weighted by Gasteiger charge is 2.19. The molecule has 6 nitrogen and oxygen atoms in total. The SMILES string of the molecule is CCCC/C=C\C/C=C\CCCCCCCC(=O)OC(COC(=O)CCCCCCC/C=C\CCCCCCC)COC(=O)CCCCCCCCCCCCCCCCCCCCCCCCC. The third kappa shape index (κ3) is 56.4. The molecule has 0 aromatic heterocycles. The highest BCUT2D eigenvalue weighted by Crippen LogP contribution is 2.17. The Balaban J connectivity index is 4.26. The fourth-order valence-corrected chi connectivity index (χ4v) is 8.99. The summed E-state index contributed by atoms with van der Waals surface area (Å²) in [6.07, 6.45) is 70.0. The first-order valence-corrected chi connectivity index (χ1v) is 30.5. The fraction of sp³-hybridized carbons (Fsp3) is 0.857. The molecule has 0 aliphatic carbocycles. The summed E-state index contributed by atoms with van der Waals surface area (Å²) in [5.41, 5.74) is 0. The van der Waals surface area contributed by atoms with Crippen molar-refractivity contribution in [3.05, 3.63) is 36.5 Å². The van der Waals surface area contributed by atoms with Crippen molar-refractivity contribution in [1.29, 1.82) is 0 Å². The van der Waals surface area contributed by atoms with Crippen LogP contribution in [0.15, 0.2) is 36.5 Å². The number of hydrogen-bond acceptors (Lipinski definition) is 6. The van der Waals surface area contributed by atoms with Crippen LogP contribution in [0.25, 0.3) is 0 Å². The predicted molar refractivity (Wildman–Crippen MR) is 298 cm³/mol. The maximum atomic E-state index is 12.8. The number of esters is 3. The Morgan fingerprint density at radius 1 is 0.290 bits per heavy atom. The predicted octanol–water partition coefficient (Wildman–Crippen LogP) is 20.4. The molecule has 69 heavy (non-hydrogen) atoms. The van der Waals surface area contributed by atoms with Crippen LogP contribution in [-0.4, -0.2) is 37.2 Å². The first-order valence-electron chi connectivity index (χ1n) is 30.5. The molecule has 0 saturated heterocycles. The van der Waals surface area contributed by atoms with Crippen LogP contribution < -0.4 is 0 Å². The summed E-state index contributed by atoms with van der Waals surface area (Å²) < 4.78 is 16.9. The van der Waals surface area contributed by atoms with Gasteiger partial charge in [-0.15, -0.1) is 0 Å². The van der Waals surface area contributed by atoms with Crippen LogP contribution in [0.2, 0.25) is 0 Å². The monoisotopic (exact) mass is 969 g/mol. The lowest BCUT2D eigenvalue weighted by atomic mass is 10.0. The average Bonchev–Trinajstić information content (AvgIpc) is 3.35. The Morgan fingerprint density at radius 2 is 0.536 bits per heavy atom. The molecular weight excluding hydrogens is 853 g/mol. The molecule has 0 aromatic carbocycles. The second kappa shape index (κ2) is 58.2. The summed E-state index contributed by atoms with van der Waals surface area (Å²) in [4.78, 5) is 38.2. The standard InChI is InChI=1S/C63H116O6/c1-4-7-10-13-16-19-22-25-28-29-30-31-32-33-34-35-36-39-41-44-47-50-53-56-62(65)68-59-60(69-63(66)57-54-51-48-45-42-38-27-24-21-18-15-12-9-6-3)58-67-61(64)55-52-49-46-43-40-37-26-23-20-17-14-11-8-5-2/h15,18,23-24,26-27,60H,4-14,16-17,19-22,25,28-59H2,1-3H3/b18-15-,26-23-,27-24-. The van der Waals surface area contributed by atoms with E-state index in [2.05, 4.69) is 57.2 Å². The first kappa shape index (κ1) is 66.6. The van der Waals surface area contributed by atoms with Gasteiger partial charge in [0, 0.05) is 19.3 Å². The van der Waals surface area contributed by atoms with Crippen LogP contribution in [0.4, 0.5) is 0 Å². The molecule has 404 valence electrons. The van der Waals surface area contributed by atoms with E-state index < -0.39 is 6.10 Å². The number of unbranched alkanes of at least 4 members (excludes halogenated alkanes) is 39. The molecular formula is C63H116O6. The number of hydrogen-bond donors (Lipinski definition) is 0. The van der Waals surface area contributed by atoms with E-state index in [-0.39, 0.29) is 31.1 Å². The van der Waals surface area contributed by atoms with Gasteiger partial charge in [0.05, 0.1) is 0 Å². The summed E-state index contributed by atoms with van der Waals surface area (Å²) in [7, 11) is 0. The lowest BCUT2D eigenvalue weighted by molar-refractivity contribution is -0.167. The molecule has 0 saturated carbocycles. The smallest absolute Gasteiger partial charge is 0.306 e. The van der Waals surface area contributed by atoms with Crippen molar-refractivity contribution in [2.24, 2.45) is 0 Å². The van der Waals surface area contributed by atoms with Crippen LogP contribution >= 0.6 is 0 Å². The summed E-state index contributed by atoms with van der Waals surface area (Å²) in [5, 5.41) is 0. The van der Waals surface area contributed by atoms with Gasteiger partial charge in [0.25, 0.3) is 0 Å². The van der Waals surface area contributed by atoms with Crippen molar-refractivity contribution in [2.75, 3.05) is 13.2 Å². The van der Waals surface area contributed by atoms with Gasteiger partial charge < -0.3 is 14.2 Å². The molecule has 0 radical (unpaired) electrons. The normalized spacial score (nSPS) is 12.2. The minimum Gasteiger partial charge on any atom is -0.462 e. The molecule has 0 aromatic rings. The number of rotatable bonds is 56. The Hall–Kier alpha value is -2.37. The minimum absolute atomic E-state index is 0.0768. The van der Waals surface area contributed by atoms with Gasteiger partial charge in [0.15, 0.2) is 6.10 Å². The van der Waals surface area contributed by atoms with Gasteiger partial charge in [-0.3, -0.25) is 14.4 Å². The second-order valence-corrected chi connectivity index (χ2v) is 20.6. The largest absolute Gasteiger partial charge is 0.462 e. The third-order valence-electron chi connectivity index (χ3n) is 13.6. The Labute approximate surface area is 429 Å². The summed E-state index contributed by atoms with van der Waals surface area (Å²) >= 11 is 0. The quantitative estimate of drug-likeness (QED) is 0.0261. The third-order valence-corrected chi connectivity index (χ3v) is 13.6. The van der Waals surface area contributed by atoms with E-state index in [1.807, 2.05) is 0 Å². The van der Waals surface area contributed by atoms with Gasteiger partial charge in [-0.2, -0.15) is 0 Å². The zero-order valence-corrected chi connectivity index (χ0v) is 46.3. The zero-order valence-electron chi connectivity index (χ0n) is 46.3. The second-order valence-electron chi connectivity index (χ2n) is 20.6. The summed E-state index contributed by atoms with van der Waals surface area (Å²) in [6.45, 7) is 6.62. The van der Waals surface area contributed by atoms with Crippen LogP contribution in [0.5, 0.6) is 0 Å². The van der Waals surface area contributed by atoms with Gasteiger partial charge in [-0.05, 0) is 70.6 Å². The van der Waals surface area contributed by atoms with E-state index in [1.54, 1.807) is 0 Å². The van der Waals surface area contributed by atoms with Crippen molar-refractivity contribution < 1.29 is 28.6 Å². The Morgan fingerprint density at radius 3 is 0.855 bits per heavy atom. The molecule has 0 fully saturated rings. The molecule has 0 aliphatic heterocycles. The molecule has 0 aliphatic rings. The van der Waals surface area contributed by atoms with Crippen molar-refractivity contribution >= 4 is 17.9 Å². The highest BCUT2D eigenvalue weighted by molar-refractivity contribution is 5.71. The topological polar surface area (TPSA) is 78.9 Å². The maximum Gasteiger partial charge on any atom is 0.306 e. The minimum atomic E-state index is -0.780. The van der Waals surface area contributed by atoms with Gasteiger partial charge in [0.2, 0.25) is 0 Å². The number of ether oxygens (including phenoxy) is 3. The van der Waals surface area contributed by atoms with Crippen LogP contribution in [-0.2, 0) is 28.6 Å². The number of allylic oxidation sites excluding steroid dienone is 6. The highest BCUT2D eigenvalue weighted by atomic mass is 16.6. The fourth-order valence-electron chi connectivity index (χ4n) is 8.99. The van der Waals surface area contributed by atoms with E-state index in [0.717, 1.165) is 89.9 Å². The van der Waals surface area contributed by atoms with E-state index in [1.165, 1.54) is 199 Å². The number of carbonyl (C=O) groups is 3. The van der Waals surface area contributed by atoms with Gasteiger partial charge >= 0.3 is 17.9 Å².